The van der Waals surface area contributed by atoms with Gasteiger partial charge >= 0.3 is 0 Å². The lowest BCUT2D eigenvalue weighted by Gasteiger charge is -2.34. The average molecular weight is 546 g/mol. The first-order valence-electron chi connectivity index (χ1n) is 12.8. The number of amides is 3. The van der Waals surface area contributed by atoms with E-state index in [9.17, 15) is 24.6 Å². The Bertz CT molecular complexity index is 1380. The fourth-order valence-electron chi connectivity index (χ4n) is 4.27. The lowest BCUT2D eigenvalue weighted by Crippen LogP contribution is -2.55. The number of phenols is 1. The lowest BCUT2D eigenvalue weighted by atomic mass is 10.1. The summed E-state index contributed by atoms with van der Waals surface area (Å²) < 4.78 is 5.46. The topological polar surface area (TPSA) is 178 Å². The van der Waals surface area contributed by atoms with Crippen LogP contribution in [0.5, 0.6) is 5.75 Å². The molecule has 11 nitrogen and oxygen atoms in total. The Morgan fingerprint density at radius 2 is 1.77 bits per heavy atom. The highest BCUT2D eigenvalue weighted by atomic mass is 16.5. The highest BCUT2D eigenvalue weighted by Crippen LogP contribution is 2.22. The molecule has 3 aromatic carbocycles. The number of benzene rings is 3. The third-order valence-corrected chi connectivity index (χ3v) is 6.47. The molecular weight excluding hydrogens is 514 g/mol. The van der Waals surface area contributed by atoms with Crippen LogP contribution in [0.15, 0.2) is 72.8 Å². The molecule has 0 unspecified atom stereocenters. The predicted molar refractivity (Wildman–Crippen MR) is 149 cm³/mol. The van der Waals surface area contributed by atoms with Crippen molar-refractivity contribution in [3.8, 4) is 5.75 Å². The Morgan fingerprint density at radius 3 is 2.45 bits per heavy atom. The van der Waals surface area contributed by atoms with Gasteiger partial charge in [0.1, 0.15) is 11.6 Å². The van der Waals surface area contributed by atoms with Crippen LogP contribution >= 0.6 is 0 Å². The highest BCUT2D eigenvalue weighted by Gasteiger charge is 2.39. The van der Waals surface area contributed by atoms with Gasteiger partial charge < -0.3 is 36.2 Å². The second-order valence-corrected chi connectivity index (χ2v) is 9.25. The van der Waals surface area contributed by atoms with Crippen molar-refractivity contribution in [2.75, 3.05) is 29.9 Å². The fraction of sp³-hybridized carbons (Fsp3) is 0.241. The average Bonchev–Trinajstić information content (AvgIpc) is 2.96. The van der Waals surface area contributed by atoms with Crippen LogP contribution in [-0.4, -0.2) is 65.7 Å². The van der Waals surface area contributed by atoms with Gasteiger partial charge in [0.05, 0.1) is 12.2 Å². The molecule has 4 rings (SSSR count). The van der Waals surface area contributed by atoms with Crippen LogP contribution in [0.1, 0.15) is 27.9 Å². The van der Waals surface area contributed by atoms with Crippen molar-refractivity contribution in [1.29, 1.82) is 5.41 Å². The molecule has 1 saturated heterocycles. The molecule has 0 aliphatic carbocycles. The van der Waals surface area contributed by atoms with Crippen LogP contribution in [0.25, 0.3) is 0 Å². The van der Waals surface area contributed by atoms with E-state index in [1.165, 1.54) is 11.0 Å². The van der Waals surface area contributed by atoms with Crippen LogP contribution in [0, 0.1) is 5.41 Å². The first-order valence-corrected chi connectivity index (χ1v) is 12.8. The summed E-state index contributed by atoms with van der Waals surface area (Å²) >= 11 is 0. The van der Waals surface area contributed by atoms with Gasteiger partial charge in [-0.15, -0.1) is 0 Å². The zero-order valence-electron chi connectivity index (χ0n) is 21.7. The predicted octanol–water partition coefficient (Wildman–Crippen LogP) is 1.77. The van der Waals surface area contributed by atoms with Crippen LogP contribution in [0.4, 0.5) is 11.4 Å². The van der Waals surface area contributed by atoms with Crippen molar-refractivity contribution in [1.82, 2.24) is 5.32 Å². The van der Waals surface area contributed by atoms with E-state index in [4.69, 9.17) is 15.9 Å². The molecule has 208 valence electrons. The maximum Gasteiger partial charge on any atom is 0.259 e. The standard InChI is InChI=1S/C29H31N5O6/c30-26(31)19-9-11-20(12-10-19)33-28(38)24(36)25-29(39)34(16-17-40-25)21-13-7-18(8-14-21)4-3-15-32-27(37)22-5-1-2-6-23(22)35/h1-2,5-14,24-25,35-36H,3-4,15-17H2,(H3,30,31)(H,32,37)(H,33,38)/t24-,25-/m1/s1. The first-order chi connectivity index (χ1) is 19.2. The minimum absolute atomic E-state index is 0.0657. The summed E-state index contributed by atoms with van der Waals surface area (Å²) in [5.74, 6) is -1.83. The van der Waals surface area contributed by atoms with Crippen molar-refractivity contribution in [2.24, 2.45) is 5.73 Å². The molecule has 11 heteroatoms. The number of rotatable bonds is 10. The largest absolute Gasteiger partial charge is 0.507 e. The third kappa shape index (κ3) is 6.82. The number of nitrogen functional groups attached to an aromatic ring is 1. The van der Waals surface area contributed by atoms with Gasteiger partial charge in [0.2, 0.25) is 0 Å². The van der Waals surface area contributed by atoms with Gasteiger partial charge in [-0.1, -0.05) is 24.3 Å². The minimum Gasteiger partial charge on any atom is -0.507 e. The number of hydrogen-bond donors (Lipinski definition) is 6. The number of carbonyl (C=O) groups excluding carboxylic acids is 3. The second kappa shape index (κ2) is 12.9. The van der Waals surface area contributed by atoms with Gasteiger partial charge in [-0.3, -0.25) is 19.8 Å². The highest BCUT2D eigenvalue weighted by molar-refractivity contribution is 6.04. The number of aryl methyl sites for hydroxylation is 1. The van der Waals surface area contributed by atoms with Gasteiger partial charge in [-0.25, -0.2) is 0 Å². The van der Waals surface area contributed by atoms with Gasteiger partial charge in [-0.2, -0.15) is 0 Å². The van der Waals surface area contributed by atoms with E-state index in [1.54, 1.807) is 54.6 Å². The van der Waals surface area contributed by atoms with E-state index in [0.29, 0.717) is 36.3 Å². The Morgan fingerprint density at radius 1 is 1.07 bits per heavy atom. The normalized spacial score (nSPS) is 15.8. The summed E-state index contributed by atoms with van der Waals surface area (Å²) in [6.07, 6.45) is -1.73. The maximum absolute atomic E-state index is 13.1. The Kier molecular flexibility index (Phi) is 9.10. The molecule has 3 amide bonds. The third-order valence-electron chi connectivity index (χ3n) is 6.47. The minimum atomic E-state index is -1.73. The Hall–Kier alpha value is -4.74. The van der Waals surface area contributed by atoms with E-state index < -0.39 is 24.0 Å². The van der Waals surface area contributed by atoms with Crippen LogP contribution in [-0.2, 0) is 20.7 Å². The van der Waals surface area contributed by atoms with E-state index in [2.05, 4.69) is 10.6 Å². The SMILES string of the molecule is N=C(N)c1ccc(NC(=O)[C@H](O)[C@H]2OCCN(c3ccc(CCCNC(=O)c4ccccc4O)cc3)C2=O)cc1. The van der Waals surface area contributed by atoms with Gasteiger partial charge in [0.15, 0.2) is 12.2 Å². The first kappa shape index (κ1) is 28.3. The smallest absolute Gasteiger partial charge is 0.259 e. The maximum atomic E-state index is 13.1. The molecule has 1 fully saturated rings. The summed E-state index contributed by atoms with van der Waals surface area (Å²) in [6, 6.07) is 19.9. The van der Waals surface area contributed by atoms with Gasteiger partial charge in [-0.05, 0) is 66.9 Å². The zero-order valence-corrected chi connectivity index (χ0v) is 21.7. The van der Waals surface area contributed by atoms with Crippen molar-refractivity contribution in [2.45, 2.75) is 25.0 Å². The number of nitrogens with one attached hydrogen (secondary N) is 3. The van der Waals surface area contributed by atoms with Gasteiger partial charge in [0, 0.05) is 30.0 Å². The van der Waals surface area contributed by atoms with Crippen LogP contribution < -0.4 is 21.3 Å². The molecule has 0 aromatic heterocycles. The zero-order chi connectivity index (χ0) is 28.6. The molecule has 0 radical (unpaired) electrons. The number of nitrogens with zero attached hydrogens (tertiary/aromatic N) is 1. The van der Waals surface area contributed by atoms with Crippen molar-refractivity contribution in [3.05, 3.63) is 89.5 Å². The van der Waals surface area contributed by atoms with E-state index >= 15 is 0 Å². The number of para-hydroxylation sites is 1. The van der Waals surface area contributed by atoms with Gasteiger partial charge in [0.25, 0.3) is 17.7 Å². The van der Waals surface area contributed by atoms with Crippen LogP contribution in [0.2, 0.25) is 0 Å². The summed E-state index contributed by atoms with van der Waals surface area (Å²) in [5.41, 5.74) is 8.15. The molecule has 1 aliphatic rings. The molecular formula is C29H31N5O6. The fourth-order valence-corrected chi connectivity index (χ4v) is 4.27. The number of anilines is 2. The molecule has 0 spiro atoms. The molecule has 2 atom stereocenters. The summed E-state index contributed by atoms with van der Waals surface area (Å²) in [6.45, 7) is 0.847. The Labute approximate surface area is 231 Å². The van der Waals surface area contributed by atoms with Crippen LogP contribution in [0.3, 0.4) is 0 Å². The number of aliphatic hydroxyl groups excluding tert-OH is 1. The van der Waals surface area contributed by atoms with Crippen molar-refractivity contribution < 1.29 is 29.3 Å². The number of hydrogen-bond acceptors (Lipinski definition) is 7. The lowest BCUT2D eigenvalue weighted by molar-refractivity contribution is -0.150. The molecule has 1 aliphatic heterocycles. The number of morpholine rings is 1. The van der Waals surface area contributed by atoms with E-state index in [-0.39, 0.29) is 36.2 Å². The van der Waals surface area contributed by atoms with Crippen molar-refractivity contribution in [3.63, 3.8) is 0 Å². The van der Waals surface area contributed by atoms with E-state index in [0.717, 1.165) is 5.56 Å². The molecule has 0 saturated carbocycles. The molecule has 0 bridgehead atoms. The number of aromatic hydroxyl groups is 1. The number of aliphatic hydroxyl groups is 1. The molecule has 7 N–H and O–H groups in total. The summed E-state index contributed by atoms with van der Waals surface area (Å²) in [5, 5.41) is 33.1. The monoisotopic (exact) mass is 545 g/mol. The number of phenolic OH excluding ortho intramolecular Hbond substituents is 1. The summed E-state index contributed by atoms with van der Waals surface area (Å²) in [7, 11) is 0. The number of ether oxygens (including phenoxy) is 1. The number of amidine groups is 1. The molecule has 1 heterocycles. The number of nitrogens with two attached hydrogens (primary N) is 1. The molecule has 3 aromatic rings. The van der Waals surface area contributed by atoms with Crippen molar-refractivity contribution >= 4 is 34.9 Å². The number of carbonyl (C=O) groups is 3. The second-order valence-electron chi connectivity index (χ2n) is 9.25. The summed E-state index contributed by atoms with van der Waals surface area (Å²) in [4.78, 5) is 39.4. The molecule has 40 heavy (non-hydrogen) atoms. The quantitative estimate of drug-likeness (QED) is 0.128. The Balaban J connectivity index is 1.28. The van der Waals surface area contributed by atoms with E-state index in [1.807, 2.05) is 12.1 Å².